The first-order chi connectivity index (χ1) is 13.5. The van der Waals surface area contributed by atoms with Crippen LogP contribution in [0.15, 0.2) is 53.7 Å². The molecule has 4 aromatic rings. The zero-order valence-electron chi connectivity index (χ0n) is 14.9. The lowest BCUT2D eigenvalue weighted by Crippen LogP contribution is -2.16. The zero-order chi connectivity index (χ0) is 19.7. The molecule has 0 saturated heterocycles. The van der Waals surface area contributed by atoms with E-state index in [2.05, 4.69) is 20.5 Å². The molecule has 142 valence electrons. The molecule has 28 heavy (non-hydrogen) atoms. The van der Waals surface area contributed by atoms with Gasteiger partial charge in [0.15, 0.2) is 5.82 Å². The second-order valence-electron chi connectivity index (χ2n) is 6.25. The second kappa shape index (κ2) is 7.57. The van der Waals surface area contributed by atoms with E-state index in [0.717, 1.165) is 22.2 Å². The molecule has 0 aliphatic rings. The number of aromatic nitrogens is 4. The number of carbonyl (C=O) groups is 1. The van der Waals surface area contributed by atoms with Crippen LogP contribution in [0, 0.1) is 6.92 Å². The van der Waals surface area contributed by atoms with Crippen LogP contribution in [0.25, 0.3) is 22.4 Å². The molecule has 4 rings (SSSR count). The van der Waals surface area contributed by atoms with Gasteiger partial charge in [0.25, 0.3) is 0 Å². The largest absolute Gasteiger partial charge is 0.352 e. The molecule has 0 saturated carbocycles. The Labute approximate surface area is 170 Å². The van der Waals surface area contributed by atoms with E-state index in [0.29, 0.717) is 21.7 Å². The number of H-pyrrole nitrogens is 1. The van der Waals surface area contributed by atoms with E-state index in [4.69, 9.17) is 17.4 Å². The van der Waals surface area contributed by atoms with E-state index >= 15 is 0 Å². The summed E-state index contributed by atoms with van der Waals surface area (Å²) in [6.07, 6.45) is 0. The second-order valence-corrected chi connectivity index (χ2v) is 7.60. The summed E-state index contributed by atoms with van der Waals surface area (Å²) < 4.78 is 1.38. The summed E-state index contributed by atoms with van der Waals surface area (Å²) in [4.78, 5) is 15.5. The maximum absolute atomic E-state index is 12.2. The van der Waals surface area contributed by atoms with Crippen LogP contribution in [0.2, 0.25) is 5.02 Å². The Kier molecular flexibility index (Phi) is 4.97. The van der Waals surface area contributed by atoms with E-state index in [-0.39, 0.29) is 11.7 Å². The van der Waals surface area contributed by atoms with Gasteiger partial charge in [-0.1, -0.05) is 47.6 Å². The van der Waals surface area contributed by atoms with Gasteiger partial charge in [0.2, 0.25) is 11.1 Å². The lowest BCUT2D eigenvalue weighted by atomic mass is 10.2. The highest BCUT2D eigenvalue weighted by molar-refractivity contribution is 7.99. The van der Waals surface area contributed by atoms with E-state index < -0.39 is 0 Å². The van der Waals surface area contributed by atoms with Gasteiger partial charge in [-0.25, -0.2) is 4.68 Å². The van der Waals surface area contributed by atoms with E-state index in [1.807, 2.05) is 49.4 Å². The number of amides is 1. The van der Waals surface area contributed by atoms with Crippen molar-refractivity contribution < 1.29 is 4.79 Å². The van der Waals surface area contributed by atoms with Gasteiger partial charge in [-0.3, -0.25) is 4.79 Å². The Hall–Kier alpha value is -2.97. The van der Waals surface area contributed by atoms with Gasteiger partial charge < -0.3 is 16.1 Å². The molecule has 2 heterocycles. The van der Waals surface area contributed by atoms with Gasteiger partial charge in [0.1, 0.15) is 0 Å². The summed E-state index contributed by atoms with van der Waals surface area (Å²) in [5.74, 6) is 6.60. The van der Waals surface area contributed by atoms with E-state index in [9.17, 15) is 4.79 Å². The lowest BCUT2D eigenvalue weighted by molar-refractivity contribution is -0.113. The van der Waals surface area contributed by atoms with Crippen molar-refractivity contribution in [3.63, 3.8) is 0 Å². The highest BCUT2D eigenvalue weighted by Gasteiger charge is 2.15. The first-order valence-corrected chi connectivity index (χ1v) is 9.85. The zero-order valence-corrected chi connectivity index (χ0v) is 16.5. The molecule has 0 radical (unpaired) electrons. The third kappa shape index (κ3) is 3.69. The Bertz CT molecular complexity index is 1140. The third-order valence-corrected chi connectivity index (χ3v) is 5.57. The molecule has 0 fully saturated rings. The van der Waals surface area contributed by atoms with Crippen LogP contribution in [0.3, 0.4) is 0 Å². The number of nitrogens with zero attached hydrogens (tertiary/aromatic N) is 3. The number of anilines is 1. The Balaban J connectivity index is 1.44. The molecule has 0 aliphatic heterocycles. The number of nitrogens with two attached hydrogens (primary N) is 1. The van der Waals surface area contributed by atoms with Crippen molar-refractivity contribution >= 4 is 45.9 Å². The van der Waals surface area contributed by atoms with Crippen molar-refractivity contribution in [1.29, 1.82) is 0 Å². The molecule has 9 heteroatoms. The SMILES string of the molecule is Cc1ccc(NC(=O)CSc2nnc(-c3cc4ccccc4[nH]3)n2N)cc1Cl. The Morgan fingerprint density at radius 1 is 1.25 bits per heavy atom. The molecule has 0 bridgehead atoms. The van der Waals surface area contributed by atoms with Gasteiger partial charge in [-0.2, -0.15) is 0 Å². The number of hydrogen-bond acceptors (Lipinski definition) is 5. The molecule has 7 nitrogen and oxygen atoms in total. The van der Waals surface area contributed by atoms with Gasteiger partial charge in [0.05, 0.1) is 11.4 Å². The molecular formula is C19H17ClN6OS. The standard InChI is InChI=1S/C19H17ClN6OS/c1-11-6-7-13(9-14(11)20)22-17(27)10-28-19-25-24-18(26(19)21)16-8-12-4-2-3-5-15(12)23-16/h2-9,23H,10,21H2,1H3,(H,22,27). The monoisotopic (exact) mass is 412 g/mol. The van der Waals surface area contributed by atoms with Crippen LogP contribution < -0.4 is 11.2 Å². The molecule has 1 amide bonds. The lowest BCUT2D eigenvalue weighted by Gasteiger charge is -2.06. The fourth-order valence-corrected chi connectivity index (χ4v) is 3.59. The van der Waals surface area contributed by atoms with Gasteiger partial charge in [0, 0.05) is 21.6 Å². The van der Waals surface area contributed by atoms with Crippen molar-refractivity contribution in [3.05, 3.63) is 59.1 Å². The van der Waals surface area contributed by atoms with E-state index in [1.165, 1.54) is 16.4 Å². The number of aromatic amines is 1. The molecule has 2 aromatic carbocycles. The van der Waals surface area contributed by atoms with Gasteiger partial charge in [-0.15, -0.1) is 10.2 Å². The Morgan fingerprint density at radius 2 is 2.07 bits per heavy atom. The first-order valence-electron chi connectivity index (χ1n) is 8.48. The average Bonchev–Trinajstić information content (AvgIpc) is 3.26. The summed E-state index contributed by atoms with van der Waals surface area (Å²) >= 11 is 7.29. The number of aryl methyl sites for hydroxylation is 1. The van der Waals surface area contributed by atoms with Gasteiger partial charge >= 0.3 is 0 Å². The molecule has 0 spiro atoms. The highest BCUT2D eigenvalue weighted by Crippen LogP contribution is 2.25. The smallest absolute Gasteiger partial charge is 0.234 e. The van der Waals surface area contributed by atoms with E-state index in [1.54, 1.807) is 6.07 Å². The van der Waals surface area contributed by atoms with Crippen LogP contribution in [0.5, 0.6) is 0 Å². The molecule has 0 unspecified atom stereocenters. The number of carbonyl (C=O) groups excluding carboxylic acids is 1. The summed E-state index contributed by atoms with van der Waals surface area (Å²) in [5, 5.41) is 13.2. The van der Waals surface area contributed by atoms with Crippen molar-refractivity contribution in [2.24, 2.45) is 0 Å². The summed E-state index contributed by atoms with van der Waals surface area (Å²) in [5.41, 5.74) is 3.36. The minimum Gasteiger partial charge on any atom is -0.352 e. The molecular weight excluding hydrogens is 396 g/mol. The topological polar surface area (TPSA) is 102 Å². The highest BCUT2D eigenvalue weighted by atomic mass is 35.5. The average molecular weight is 413 g/mol. The summed E-state index contributed by atoms with van der Waals surface area (Å²) in [6.45, 7) is 1.91. The number of nitrogen functional groups attached to an aromatic ring is 1. The predicted molar refractivity (Wildman–Crippen MR) is 113 cm³/mol. The van der Waals surface area contributed by atoms with Crippen LogP contribution in [-0.2, 0) is 4.79 Å². The number of thioether (sulfide) groups is 1. The summed E-state index contributed by atoms with van der Waals surface area (Å²) in [6, 6.07) is 15.3. The van der Waals surface area contributed by atoms with Crippen LogP contribution in [0.1, 0.15) is 5.56 Å². The maximum Gasteiger partial charge on any atom is 0.234 e. The molecule has 2 aromatic heterocycles. The Morgan fingerprint density at radius 3 is 2.86 bits per heavy atom. The fraction of sp³-hybridized carbons (Fsp3) is 0.105. The number of para-hydroxylation sites is 1. The van der Waals surface area contributed by atoms with Crippen molar-refractivity contribution in [3.8, 4) is 11.5 Å². The molecule has 0 atom stereocenters. The number of halogens is 1. The molecule has 4 N–H and O–H groups in total. The number of nitrogens with one attached hydrogen (secondary N) is 2. The van der Waals surface area contributed by atoms with Crippen LogP contribution >= 0.6 is 23.4 Å². The van der Waals surface area contributed by atoms with Crippen molar-refractivity contribution in [1.82, 2.24) is 19.9 Å². The maximum atomic E-state index is 12.2. The quantitative estimate of drug-likeness (QED) is 0.341. The minimum absolute atomic E-state index is 0.146. The van der Waals surface area contributed by atoms with Crippen molar-refractivity contribution in [2.75, 3.05) is 16.9 Å². The van der Waals surface area contributed by atoms with Gasteiger partial charge in [-0.05, 0) is 36.8 Å². The van der Waals surface area contributed by atoms with Crippen LogP contribution in [-0.4, -0.2) is 31.5 Å². The number of rotatable bonds is 5. The van der Waals surface area contributed by atoms with Crippen LogP contribution in [0.4, 0.5) is 5.69 Å². The minimum atomic E-state index is -0.180. The third-order valence-electron chi connectivity index (χ3n) is 4.22. The number of hydrogen-bond donors (Lipinski definition) is 3. The fourth-order valence-electron chi connectivity index (χ4n) is 2.75. The normalized spacial score (nSPS) is 11.1. The summed E-state index contributed by atoms with van der Waals surface area (Å²) in [7, 11) is 0. The van der Waals surface area contributed by atoms with Crippen molar-refractivity contribution in [2.45, 2.75) is 12.1 Å². The predicted octanol–water partition coefficient (Wildman–Crippen LogP) is 3.83. The number of fused-ring (bicyclic) bond motifs is 1. The number of benzene rings is 2. The molecule has 0 aliphatic carbocycles. The first kappa shape index (κ1) is 18.4.